The Kier molecular flexibility index (Phi) is 3.58. The molecule has 0 saturated carbocycles. The largest absolute Gasteiger partial charge is 0.384 e. The molecular formula is C9H7BrFNO2. The van der Waals surface area contributed by atoms with Crippen LogP contribution in [-0.2, 0) is 0 Å². The second-order valence-electron chi connectivity index (χ2n) is 2.68. The van der Waals surface area contributed by atoms with Crippen molar-refractivity contribution in [2.24, 2.45) is 0 Å². The molecule has 0 heterocycles. The van der Waals surface area contributed by atoms with Gasteiger partial charge in [-0.05, 0) is 18.2 Å². The van der Waals surface area contributed by atoms with E-state index in [-0.39, 0.29) is 5.56 Å². The van der Waals surface area contributed by atoms with Crippen LogP contribution in [0.4, 0.5) is 4.39 Å². The normalized spacial score (nSPS) is 14.5. The number of rotatable bonds is 2. The number of aliphatic hydroxyl groups excluding tert-OH is 2. The van der Waals surface area contributed by atoms with Crippen molar-refractivity contribution >= 4 is 15.9 Å². The Hall–Kier alpha value is -0.960. The summed E-state index contributed by atoms with van der Waals surface area (Å²) in [5.41, 5.74) is -0.103. The maximum atomic E-state index is 13.1. The van der Waals surface area contributed by atoms with E-state index in [9.17, 15) is 9.50 Å². The molecule has 0 bridgehead atoms. The topological polar surface area (TPSA) is 64.2 Å². The van der Waals surface area contributed by atoms with Crippen LogP contribution < -0.4 is 0 Å². The molecule has 0 saturated heterocycles. The van der Waals surface area contributed by atoms with Gasteiger partial charge in [-0.3, -0.25) is 0 Å². The number of hydrogen-bond acceptors (Lipinski definition) is 3. The minimum atomic E-state index is -1.63. The van der Waals surface area contributed by atoms with Crippen LogP contribution in [0.3, 0.4) is 0 Å². The summed E-state index contributed by atoms with van der Waals surface area (Å²) in [6, 6.07) is 5.36. The zero-order chi connectivity index (χ0) is 10.7. The van der Waals surface area contributed by atoms with Crippen molar-refractivity contribution in [2.45, 2.75) is 12.2 Å². The van der Waals surface area contributed by atoms with Crippen molar-refractivity contribution in [3.8, 4) is 6.07 Å². The molecule has 74 valence electrons. The lowest BCUT2D eigenvalue weighted by atomic mass is 10.0. The Balaban J connectivity index is 3.07. The Morgan fingerprint density at radius 3 is 2.64 bits per heavy atom. The Morgan fingerprint density at radius 2 is 2.07 bits per heavy atom. The molecule has 0 amide bonds. The van der Waals surface area contributed by atoms with Gasteiger partial charge in [-0.2, -0.15) is 5.26 Å². The first-order valence-electron chi connectivity index (χ1n) is 3.77. The van der Waals surface area contributed by atoms with Gasteiger partial charge in [0.1, 0.15) is 11.9 Å². The van der Waals surface area contributed by atoms with Gasteiger partial charge in [0.05, 0.1) is 6.07 Å². The fraction of sp³-hybridized carbons (Fsp3) is 0.222. The van der Waals surface area contributed by atoms with Crippen molar-refractivity contribution in [3.05, 3.63) is 34.1 Å². The fourth-order valence-electron chi connectivity index (χ4n) is 0.982. The van der Waals surface area contributed by atoms with E-state index in [1.165, 1.54) is 18.2 Å². The van der Waals surface area contributed by atoms with E-state index in [0.29, 0.717) is 4.47 Å². The van der Waals surface area contributed by atoms with Crippen LogP contribution in [0.25, 0.3) is 0 Å². The Labute approximate surface area is 88.5 Å². The predicted molar refractivity (Wildman–Crippen MR) is 50.7 cm³/mol. The smallest absolute Gasteiger partial charge is 0.170 e. The minimum Gasteiger partial charge on any atom is -0.384 e. The third-order valence-corrected chi connectivity index (χ3v) is 2.20. The summed E-state index contributed by atoms with van der Waals surface area (Å²) in [5.74, 6) is -0.657. The lowest BCUT2D eigenvalue weighted by molar-refractivity contribution is 0.0503. The fourth-order valence-corrected chi connectivity index (χ4v) is 1.36. The summed E-state index contributed by atoms with van der Waals surface area (Å²) in [7, 11) is 0. The number of benzene rings is 1. The van der Waals surface area contributed by atoms with E-state index >= 15 is 0 Å². The monoisotopic (exact) mass is 259 g/mol. The SMILES string of the molecule is N#CC(O)C(O)c1cc(Br)ccc1F. The Morgan fingerprint density at radius 1 is 1.43 bits per heavy atom. The lowest BCUT2D eigenvalue weighted by Crippen LogP contribution is -2.17. The summed E-state index contributed by atoms with van der Waals surface area (Å²) in [4.78, 5) is 0. The second-order valence-corrected chi connectivity index (χ2v) is 3.60. The highest BCUT2D eigenvalue weighted by Gasteiger charge is 2.21. The molecule has 0 aliphatic rings. The van der Waals surface area contributed by atoms with Crippen LogP contribution in [0.5, 0.6) is 0 Å². The molecule has 0 aliphatic carbocycles. The predicted octanol–water partition coefficient (Wildman–Crippen LogP) is 1.51. The van der Waals surface area contributed by atoms with Crippen LogP contribution in [-0.4, -0.2) is 16.3 Å². The first-order chi connectivity index (χ1) is 6.56. The van der Waals surface area contributed by atoms with Crippen LogP contribution in [0.15, 0.2) is 22.7 Å². The lowest BCUT2D eigenvalue weighted by Gasteiger charge is -2.12. The van der Waals surface area contributed by atoms with Crippen molar-refractivity contribution in [3.63, 3.8) is 0 Å². The molecule has 2 N–H and O–H groups in total. The molecule has 14 heavy (non-hydrogen) atoms. The molecule has 0 aromatic heterocycles. The first-order valence-corrected chi connectivity index (χ1v) is 4.56. The molecular weight excluding hydrogens is 253 g/mol. The Bertz CT molecular complexity index is 378. The highest BCUT2D eigenvalue weighted by molar-refractivity contribution is 9.10. The zero-order valence-electron chi connectivity index (χ0n) is 6.98. The summed E-state index contributed by atoms with van der Waals surface area (Å²) in [6.45, 7) is 0. The zero-order valence-corrected chi connectivity index (χ0v) is 8.57. The van der Waals surface area contributed by atoms with Crippen molar-refractivity contribution in [1.82, 2.24) is 0 Å². The standard InChI is InChI=1S/C9H7BrFNO2/c10-5-1-2-7(11)6(3-5)9(14)8(13)4-12/h1-3,8-9,13-14H. The average Bonchev–Trinajstić information content (AvgIpc) is 2.19. The molecule has 1 aromatic carbocycles. The number of nitrogens with zero attached hydrogens (tertiary/aromatic N) is 1. The first kappa shape index (κ1) is 11.1. The number of nitriles is 1. The van der Waals surface area contributed by atoms with Crippen molar-refractivity contribution in [2.75, 3.05) is 0 Å². The average molecular weight is 260 g/mol. The van der Waals surface area contributed by atoms with Crippen LogP contribution in [0, 0.1) is 17.1 Å². The van der Waals surface area contributed by atoms with Gasteiger partial charge in [0.25, 0.3) is 0 Å². The molecule has 5 heteroatoms. The molecule has 2 atom stereocenters. The summed E-state index contributed by atoms with van der Waals surface area (Å²) < 4.78 is 13.7. The number of hydrogen-bond donors (Lipinski definition) is 2. The highest BCUT2D eigenvalue weighted by Crippen LogP contribution is 2.23. The third-order valence-electron chi connectivity index (χ3n) is 1.71. The minimum absolute atomic E-state index is 0.103. The van der Waals surface area contributed by atoms with Gasteiger partial charge in [-0.25, -0.2) is 4.39 Å². The van der Waals surface area contributed by atoms with Gasteiger partial charge in [-0.15, -0.1) is 0 Å². The molecule has 0 aliphatic heterocycles. The van der Waals surface area contributed by atoms with E-state index in [4.69, 9.17) is 10.4 Å². The maximum absolute atomic E-state index is 13.1. The summed E-state index contributed by atoms with van der Waals surface area (Å²) in [6.07, 6.45) is -3.16. The van der Waals surface area contributed by atoms with Crippen molar-refractivity contribution < 1.29 is 14.6 Å². The van der Waals surface area contributed by atoms with E-state index in [1.807, 2.05) is 0 Å². The van der Waals surface area contributed by atoms with E-state index < -0.39 is 18.0 Å². The highest BCUT2D eigenvalue weighted by atomic mass is 79.9. The molecule has 2 unspecified atom stereocenters. The van der Waals surface area contributed by atoms with E-state index in [1.54, 1.807) is 0 Å². The maximum Gasteiger partial charge on any atom is 0.170 e. The van der Waals surface area contributed by atoms with Gasteiger partial charge in [0.2, 0.25) is 0 Å². The van der Waals surface area contributed by atoms with Crippen LogP contribution in [0.2, 0.25) is 0 Å². The van der Waals surface area contributed by atoms with Gasteiger partial charge in [0.15, 0.2) is 6.10 Å². The number of aliphatic hydroxyl groups is 2. The molecule has 0 spiro atoms. The van der Waals surface area contributed by atoms with Crippen molar-refractivity contribution in [1.29, 1.82) is 5.26 Å². The molecule has 1 rings (SSSR count). The molecule has 3 nitrogen and oxygen atoms in total. The summed E-state index contributed by atoms with van der Waals surface area (Å²) >= 11 is 3.09. The van der Waals surface area contributed by atoms with E-state index in [0.717, 1.165) is 6.07 Å². The van der Waals surface area contributed by atoms with Crippen LogP contribution >= 0.6 is 15.9 Å². The van der Waals surface area contributed by atoms with Gasteiger partial charge in [-0.1, -0.05) is 15.9 Å². The second kappa shape index (κ2) is 4.51. The van der Waals surface area contributed by atoms with E-state index in [2.05, 4.69) is 15.9 Å². The van der Waals surface area contributed by atoms with Gasteiger partial charge < -0.3 is 10.2 Å². The van der Waals surface area contributed by atoms with Crippen LogP contribution in [0.1, 0.15) is 11.7 Å². The molecule has 0 radical (unpaired) electrons. The van der Waals surface area contributed by atoms with Gasteiger partial charge >= 0.3 is 0 Å². The summed E-state index contributed by atoms with van der Waals surface area (Å²) in [5, 5.41) is 26.7. The third kappa shape index (κ3) is 2.29. The molecule has 0 fully saturated rings. The quantitative estimate of drug-likeness (QED) is 0.792. The molecule has 1 aromatic rings. The van der Waals surface area contributed by atoms with Gasteiger partial charge in [0, 0.05) is 10.0 Å². The number of halogens is 2.